The van der Waals surface area contributed by atoms with Gasteiger partial charge in [-0.25, -0.2) is 0 Å². The van der Waals surface area contributed by atoms with Crippen LogP contribution in [0.1, 0.15) is 73.6 Å². The summed E-state index contributed by atoms with van der Waals surface area (Å²) in [6.07, 6.45) is 5.71. The zero-order chi connectivity index (χ0) is 24.1. The average molecular weight is 455 g/mol. The van der Waals surface area contributed by atoms with Gasteiger partial charge in [-0.1, -0.05) is 27.7 Å². The summed E-state index contributed by atoms with van der Waals surface area (Å²) in [5, 5.41) is 7.13. The van der Waals surface area contributed by atoms with Crippen molar-refractivity contribution in [1.29, 1.82) is 0 Å². The van der Waals surface area contributed by atoms with E-state index in [4.69, 9.17) is 9.47 Å². The monoisotopic (exact) mass is 454 g/mol. The zero-order valence-corrected chi connectivity index (χ0v) is 21.7. The van der Waals surface area contributed by atoms with Gasteiger partial charge in [-0.3, -0.25) is 0 Å². The first kappa shape index (κ1) is 26.9. The molecule has 2 unspecified atom stereocenters. The third kappa shape index (κ3) is 11.9. The number of ether oxygens (including phenoxy) is 2. The second-order valence-electron chi connectivity index (χ2n) is 10.1. The maximum absolute atomic E-state index is 5.87. The van der Waals surface area contributed by atoms with Crippen molar-refractivity contribution in [3.05, 3.63) is 48.5 Å². The predicted molar refractivity (Wildman–Crippen MR) is 143 cm³/mol. The van der Waals surface area contributed by atoms with Gasteiger partial charge in [0.15, 0.2) is 0 Å². The summed E-state index contributed by atoms with van der Waals surface area (Å²) >= 11 is 0. The first-order chi connectivity index (χ1) is 15.8. The molecule has 0 aliphatic heterocycles. The number of hydrogen-bond donors (Lipinski definition) is 2. The van der Waals surface area contributed by atoms with Crippen molar-refractivity contribution < 1.29 is 9.47 Å². The van der Waals surface area contributed by atoms with Gasteiger partial charge in [0.1, 0.15) is 11.5 Å². The third-order valence-corrected chi connectivity index (χ3v) is 5.71. The quantitative estimate of drug-likeness (QED) is 0.252. The average Bonchev–Trinajstić information content (AvgIpc) is 2.78. The number of benzene rings is 2. The first-order valence-electron chi connectivity index (χ1n) is 12.8. The Morgan fingerprint density at radius 1 is 0.545 bits per heavy atom. The molecule has 2 atom stereocenters. The molecule has 0 aliphatic carbocycles. The molecule has 0 heterocycles. The van der Waals surface area contributed by atoms with Crippen molar-refractivity contribution in [1.82, 2.24) is 0 Å². The van der Waals surface area contributed by atoms with Crippen molar-refractivity contribution in [2.24, 2.45) is 11.8 Å². The van der Waals surface area contributed by atoms with Gasteiger partial charge in [-0.15, -0.1) is 0 Å². The van der Waals surface area contributed by atoms with Crippen molar-refractivity contribution in [2.75, 3.05) is 23.8 Å². The van der Waals surface area contributed by atoms with E-state index in [1.165, 1.54) is 25.7 Å². The molecule has 0 amide bonds. The highest BCUT2D eigenvalue weighted by molar-refractivity contribution is 5.47. The molecule has 0 aliphatic rings. The number of rotatable bonds is 16. The van der Waals surface area contributed by atoms with Crippen LogP contribution < -0.4 is 20.1 Å². The fraction of sp³-hybridized carbons (Fsp3) is 0.586. The van der Waals surface area contributed by atoms with E-state index in [2.05, 4.69) is 76.4 Å². The lowest BCUT2D eigenvalue weighted by atomic mass is 10.0. The Bertz CT molecular complexity index is 691. The molecule has 33 heavy (non-hydrogen) atoms. The van der Waals surface area contributed by atoms with Crippen LogP contribution in [0.15, 0.2) is 48.5 Å². The normalized spacial score (nSPS) is 13.1. The molecular formula is C29H46N2O2. The second kappa shape index (κ2) is 14.7. The van der Waals surface area contributed by atoms with E-state index >= 15 is 0 Å². The summed E-state index contributed by atoms with van der Waals surface area (Å²) in [4.78, 5) is 0. The van der Waals surface area contributed by atoms with E-state index < -0.39 is 0 Å². The molecule has 4 nitrogen and oxygen atoms in total. The van der Waals surface area contributed by atoms with Crippen LogP contribution in [0.3, 0.4) is 0 Å². The van der Waals surface area contributed by atoms with Gasteiger partial charge in [-0.05, 0) is 99.9 Å². The highest BCUT2D eigenvalue weighted by Gasteiger charge is 2.05. The topological polar surface area (TPSA) is 42.5 Å². The molecule has 0 radical (unpaired) electrons. The summed E-state index contributed by atoms with van der Waals surface area (Å²) in [5.74, 6) is 3.30. The molecule has 2 aromatic rings. The van der Waals surface area contributed by atoms with Gasteiger partial charge in [-0.2, -0.15) is 0 Å². The Hall–Kier alpha value is -2.36. The van der Waals surface area contributed by atoms with E-state index in [0.29, 0.717) is 25.3 Å². The number of nitrogens with one attached hydrogen (secondary N) is 2. The fourth-order valence-corrected chi connectivity index (χ4v) is 3.61. The maximum atomic E-state index is 5.87. The molecule has 184 valence electrons. The van der Waals surface area contributed by atoms with E-state index in [0.717, 1.165) is 41.1 Å². The SMILES string of the molecule is CC(C)CCC(C)Nc1ccc(OCCCOc2ccc(NC(C)CCC(C)C)cc2)cc1. The molecule has 2 aromatic carbocycles. The van der Waals surface area contributed by atoms with Gasteiger partial charge >= 0.3 is 0 Å². The third-order valence-electron chi connectivity index (χ3n) is 5.71. The summed E-state index contributed by atoms with van der Waals surface area (Å²) in [5.41, 5.74) is 2.29. The van der Waals surface area contributed by atoms with Gasteiger partial charge in [0.2, 0.25) is 0 Å². The molecule has 2 rings (SSSR count). The lowest BCUT2D eigenvalue weighted by molar-refractivity contribution is 0.247. The Labute approximate surface area is 202 Å². The zero-order valence-electron chi connectivity index (χ0n) is 21.7. The molecule has 0 bridgehead atoms. The van der Waals surface area contributed by atoms with E-state index in [-0.39, 0.29) is 0 Å². The van der Waals surface area contributed by atoms with Crippen LogP contribution in [0.5, 0.6) is 11.5 Å². The lowest BCUT2D eigenvalue weighted by Gasteiger charge is -2.17. The van der Waals surface area contributed by atoms with E-state index in [1.807, 2.05) is 24.3 Å². The Balaban J connectivity index is 1.61. The van der Waals surface area contributed by atoms with Gasteiger partial charge < -0.3 is 20.1 Å². The molecule has 2 N–H and O–H groups in total. The van der Waals surface area contributed by atoms with Crippen LogP contribution in [0.25, 0.3) is 0 Å². The van der Waals surface area contributed by atoms with Crippen LogP contribution in [-0.2, 0) is 0 Å². The molecule has 0 saturated carbocycles. The van der Waals surface area contributed by atoms with Crippen molar-refractivity contribution in [2.45, 2.75) is 85.7 Å². The van der Waals surface area contributed by atoms with Crippen LogP contribution in [0.2, 0.25) is 0 Å². The Morgan fingerprint density at radius 2 is 0.909 bits per heavy atom. The minimum atomic E-state index is 0.481. The second-order valence-corrected chi connectivity index (χ2v) is 10.1. The standard InChI is InChI=1S/C29H46N2O2/c1-22(2)8-10-24(5)30-26-12-16-28(17-13-26)32-20-7-21-33-29-18-14-27(15-19-29)31-25(6)11-9-23(3)4/h12-19,22-25,30-31H,7-11,20-21H2,1-6H3. The van der Waals surface area contributed by atoms with Crippen molar-refractivity contribution in [3.8, 4) is 11.5 Å². The van der Waals surface area contributed by atoms with E-state index in [1.54, 1.807) is 0 Å². The number of anilines is 2. The van der Waals surface area contributed by atoms with Crippen molar-refractivity contribution in [3.63, 3.8) is 0 Å². The fourth-order valence-electron chi connectivity index (χ4n) is 3.61. The minimum Gasteiger partial charge on any atom is -0.493 e. The molecule has 0 fully saturated rings. The Morgan fingerprint density at radius 3 is 1.24 bits per heavy atom. The molecular weight excluding hydrogens is 408 g/mol. The summed E-state index contributed by atoms with van der Waals surface area (Å²) in [6.45, 7) is 14.9. The van der Waals surface area contributed by atoms with Crippen LogP contribution >= 0.6 is 0 Å². The van der Waals surface area contributed by atoms with Crippen LogP contribution in [0, 0.1) is 11.8 Å². The van der Waals surface area contributed by atoms with Crippen molar-refractivity contribution >= 4 is 11.4 Å². The molecule has 0 aromatic heterocycles. The predicted octanol–water partition coefficient (Wildman–Crippen LogP) is 8.01. The summed E-state index contributed by atoms with van der Waals surface area (Å²) in [7, 11) is 0. The molecule has 0 saturated heterocycles. The summed E-state index contributed by atoms with van der Waals surface area (Å²) < 4.78 is 11.7. The Kier molecular flexibility index (Phi) is 12.0. The van der Waals surface area contributed by atoms with Crippen LogP contribution in [-0.4, -0.2) is 25.3 Å². The van der Waals surface area contributed by atoms with Gasteiger partial charge in [0.25, 0.3) is 0 Å². The molecule has 0 spiro atoms. The maximum Gasteiger partial charge on any atom is 0.119 e. The molecule has 4 heteroatoms. The van der Waals surface area contributed by atoms with E-state index in [9.17, 15) is 0 Å². The largest absolute Gasteiger partial charge is 0.493 e. The minimum absolute atomic E-state index is 0.481. The summed E-state index contributed by atoms with van der Waals surface area (Å²) in [6, 6.07) is 17.5. The lowest BCUT2D eigenvalue weighted by Crippen LogP contribution is -2.15. The number of hydrogen-bond acceptors (Lipinski definition) is 4. The highest BCUT2D eigenvalue weighted by Crippen LogP contribution is 2.20. The first-order valence-corrected chi connectivity index (χ1v) is 12.8. The van der Waals surface area contributed by atoms with Gasteiger partial charge in [0, 0.05) is 29.9 Å². The van der Waals surface area contributed by atoms with Gasteiger partial charge in [0.05, 0.1) is 13.2 Å². The van der Waals surface area contributed by atoms with Crippen LogP contribution in [0.4, 0.5) is 11.4 Å². The smallest absolute Gasteiger partial charge is 0.119 e. The highest BCUT2D eigenvalue weighted by atomic mass is 16.5.